The lowest BCUT2D eigenvalue weighted by atomic mass is 9.82. The number of hydrogen-bond acceptors (Lipinski definition) is 2. The number of allylic oxidation sites excluding steroid dienone is 4. The zero-order valence-electron chi connectivity index (χ0n) is 14.5. The number of rotatable bonds is 3. The highest BCUT2D eigenvalue weighted by molar-refractivity contribution is 5.97. The summed E-state index contributed by atoms with van der Waals surface area (Å²) in [6.07, 6.45) is 3.95. The third-order valence-electron chi connectivity index (χ3n) is 5.34. The summed E-state index contributed by atoms with van der Waals surface area (Å²) < 4.78 is 0. The number of anilines is 1. The third kappa shape index (κ3) is 2.56. The highest BCUT2D eigenvalue weighted by Gasteiger charge is 2.54. The first-order valence-electron chi connectivity index (χ1n) is 8.27. The van der Waals surface area contributed by atoms with E-state index >= 15 is 0 Å². The first-order valence-corrected chi connectivity index (χ1v) is 8.27. The molecule has 2 aliphatic rings. The Balaban J connectivity index is 1.91. The minimum Gasteiger partial charge on any atom is -0.481 e. The zero-order chi connectivity index (χ0) is 17.6. The van der Waals surface area contributed by atoms with Crippen LogP contribution in [-0.4, -0.2) is 17.0 Å². The Hall–Kier alpha value is -2.36. The van der Waals surface area contributed by atoms with Gasteiger partial charge in [0.15, 0.2) is 0 Å². The first-order chi connectivity index (χ1) is 11.3. The van der Waals surface area contributed by atoms with Crippen LogP contribution >= 0.6 is 0 Å². The quantitative estimate of drug-likeness (QED) is 0.833. The summed E-state index contributed by atoms with van der Waals surface area (Å²) in [7, 11) is 0. The van der Waals surface area contributed by atoms with Crippen LogP contribution in [0.4, 0.5) is 5.69 Å². The molecule has 0 heterocycles. The minimum atomic E-state index is -0.897. The van der Waals surface area contributed by atoms with Crippen molar-refractivity contribution in [1.29, 1.82) is 0 Å². The number of carbonyl (C=O) groups excluding carboxylic acids is 1. The fraction of sp³-hybridized carbons (Fsp3) is 0.400. The van der Waals surface area contributed by atoms with Crippen LogP contribution in [0.25, 0.3) is 0 Å². The molecule has 24 heavy (non-hydrogen) atoms. The van der Waals surface area contributed by atoms with Gasteiger partial charge in [0.05, 0.1) is 11.8 Å². The van der Waals surface area contributed by atoms with Crippen LogP contribution in [0.1, 0.15) is 25.0 Å². The van der Waals surface area contributed by atoms with Crippen LogP contribution in [0, 0.1) is 37.5 Å². The molecule has 2 aliphatic carbocycles. The van der Waals surface area contributed by atoms with Gasteiger partial charge in [0, 0.05) is 17.5 Å². The summed E-state index contributed by atoms with van der Waals surface area (Å²) >= 11 is 0. The van der Waals surface area contributed by atoms with E-state index in [1.165, 1.54) is 0 Å². The van der Waals surface area contributed by atoms with Gasteiger partial charge in [0.2, 0.25) is 5.91 Å². The summed E-state index contributed by atoms with van der Waals surface area (Å²) in [6, 6.07) is 5.75. The van der Waals surface area contributed by atoms with Crippen molar-refractivity contribution in [2.75, 3.05) is 5.32 Å². The number of carbonyl (C=O) groups is 2. The molecule has 4 atom stereocenters. The lowest BCUT2D eigenvalue weighted by molar-refractivity contribution is -0.146. The molecule has 1 saturated carbocycles. The Labute approximate surface area is 142 Å². The highest BCUT2D eigenvalue weighted by Crippen LogP contribution is 2.53. The fourth-order valence-electron chi connectivity index (χ4n) is 4.09. The molecule has 1 aromatic rings. The van der Waals surface area contributed by atoms with E-state index in [1.807, 2.05) is 58.0 Å². The van der Waals surface area contributed by atoms with E-state index in [0.29, 0.717) is 0 Å². The van der Waals surface area contributed by atoms with Gasteiger partial charge in [-0.3, -0.25) is 9.59 Å². The summed E-state index contributed by atoms with van der Waals surface area (Å²) in [5.41, 5.74) is 5.19. The van der Waals surface area contributed by atoms with Crippen molar-refractivity contribution in [3.05, 3.63) is 52.6 Å². The van der Waals surface area contributed by atoms with Crippen molar-refractivity contribution in [1.82, 2.24) is 0 Å². The minimum absolute atomic E-state index is 0.104. The normalized spacial score (nSPS) is 27.4. The van der Waals surface area contributed by atoms with Crippen molar-refractivity contribution in [2.45, 2.75) is 27.7 Å². The topological polar surface area (TPSA) is 66.4 Å². The molecule has 0 unspecified atom stereocenters. The third-order valence-corrected chi connectivity index (χ3v) is 5.34. The lowest BCUT2D eigenvalue weighted by Crippen LogP contribution is -2.36. The molecule has 2 bridgehead atoms. The summed E-state index contributed by atoms with van der Waals surface area (Å²) in [4.78, 5) is 24.6. The predicted octanol–water partition coefficient (Wildman–Crippen LogP) is 3.71. The van der Waals surface area contributed by atoms with Gasteiger partial charge < -0.3 is 10.4 Å². The molecule has 4 nitrogen and oxygen atoms in total. The molecule has 0 saturated heterocycles. The maximum Gasteiger partial charge on any atom is 0.308 e. The van der Waals surface area contributed by atoms with E-state index in [-0.39, 0.29) is 17.7 Å². The number of carboxylic acid groups (broad SMARTS) is 1. The Bertz CT molecular complexity index is 771. The molecule has 126 valence electrons. The van der Waals surface area contributed by atoms with Crippen molar-refractivity contribution in [2.24, 2.45) is 23.7 Å². The van der Waals surface area contributed by atoms with Crippen LogP contribution in [0.3, 0.4) is 0 Å². The van der Waals surface area contributed by atoms with E-state index in [1.54, 1.807) is 0 Å². The summed E-state index contributed by atoms with van der Waals surface area (Å²) in [5.74, 6) is -2.60. The van der Waals surface area contributed by atoms with Gasteiger partial charge in [-0.05, 0) is 51.0 Å². The standard InChI is InChI=1S/C20H23NO3/c1-10(2)16-14-7-8-15(16)18(20(23)24)17(14)19(22)21-13-6-5-11(3)12(4)9-13/h5-9,14-15,17-18H,1-4H3,(H,21,22)(H,23,24)/t14-,15-,17-,18-/m1/s1. The molecule has 1 fully saturated rings. The molecule has 2 N–H and O–H groups in total. The Morgan fingerprint density at radius 2 is 1.62 bits per heavy atom. The van der Waals surface area contributed by atoms with E-state index in [0.717, 1.165) is 28.0 Å². The number of hydrogen-bond donors (Lipinski definition) is 2. The number of aliphatic carboxylic acids is 1. The fourth-order valence-corrected chi connectivity index (χ4v) is 4.09. The Morgan fingerprint density at radius 3 is 2.17 bits per heavy atom. The monoisotopic (exact) mass is 325 g/mol. The predicted molar refractivity (Wildman–Crippen MR) is 93.7 cm³/mol. The van der Waals surface area contributed by atoms with E-state index < -0.39 is 17.8 Å². The van der Waals surface area contributed by atoms with Crippen LogP contribution < -0.4 is 5.32 Å². The zero-order valence-corrected chi connectivity index (χ0v) is 14.5. The number of fused-ring (bicyclic) bond motifs is 2. The van der Waals surface area contributed by atoms with Crippen molar-refractivity contribution < 1.29 is 14.7 Å². The van der Waals surface area contributed by atoms with E-state index in [2.05, 4.69) is 5.32 Å². The Morgan fingerprint density at radius 1 is 1.00 bits per heavy atom. The van der Waals surface area contributed by atoms with Gasteiger partial charge in [-0.1, -0.05) is 29.4 Å². The van der Waals surface area contributed by atoms with Crippen molar-refractivity contribution >= 4 is 17.6 Å². The van der Waals surface area contributed by atoms with E-state index in [9.17, 15) is 14.7 Å². The number of aryl methyl sites for hydroxylation is 2. The van der Waals surface area contributed by atoms with E-state index in [4.69, 9.17) is 0 Å². The van der Waals surface area contributed by atoms with Gasteiger partial charge in [-0.2, -0.15) is 0 Å². The number of amides is 1. The molecule has 3 rings (SSSR count). The number of carboxylic acids is 1. The average molecular weight is 325 g/mol. The van der Waals surface area contributed by atoms with Gasteiger partial charge in [-0.15, -0.1) is 0 Å². The molecule has 0 radical (unpaired) electrons. The first kappa shape index (κ1) is 16.5. The van der Waals surface area contributed by atoms with Gasteiger partial charge in [0.25, 0.3) is 0 Å². The second-order valence-electron chi connectivity index (χ2n) is 7.07. The molecule has 0 spiro atoms. The summed E-state index contributed by atoms with van der Waals surface area (Å²) in [5, 5.41) is 12.6. The van der Waals surface area contributed by atoms with Crippen LogP contribution in [0.15, 0.2) is 41.5 Å². The highest BCUT2D eigenvalue weighted by atomic mass is 16.4. The lowest BCUT2D eigenvalue weighted by Gasteiger charge is -2.23. The molecule has 1 amide bonds. The average Bonchev–Trinajstić information content (AvgIpc) is 3.06. The van der Waals surface area contributed by atoms with Crippen LogP contribution in [-0.2, 0) is 9.59 Å². The van der Waals surface area contributed by atoms with Gasteiger partial charge >= 0.3 is 5.97 Å². The second-order valence-corrected chi connectivity index (χ2v) is 7.07. The molecule has 4 heteroatoms. The smallest absolute Gasteiger partial charge is 0.308 e. The number of nitrogens with one attached hydrogen (secondary N) is 1. The SMILES string of the molecule is CC(C)=C1[C@H]2C=C[C@H]1[C@@H](C(=O)Nc1ccc(C)c(C)c1)[C@@H]2C(=O)O. The molecular weight excluding hydrogens is 302 g/mol. The maximum atomic E-state index is 12.9. The Kier molecular flexibility index (Phi) is 4.08. The van der Waals surface area contributed by atoms with Crippen LogP contribution in [0.5, 0.6) is 0 Å². The summed E-state index contributed by atoms with van der Waals surface area (Å²) in [6.45, 7) is 7.99. The van der Waals surface area contributed by atoms with Crippen LogP contribution in [0.2, 0.25) is 0 Å². The molecular formula is C20H23NO3. The van der Waals surface area contributed by atoms with Crippen molar-refractivity contribution in [3.8, 4) is 0 Å². The number of benzene rings is 1. The molecule has 0 aromatic heterocycles. The second kappa shape index (κ2) is 5.93. The largest absolute Gasteiger partial charge is 0.481 e. The van der Waals surface area contributed by atoms with Gasteiger partial charge in [0.1, 0.15) is 0 Å². The van der Waals surface area contributed by atoms with Gasteiger partial charge in [-0.25, -0.2) is 0 Å². The molecule has 1 aromatic carbocycles. The maximum absolute atomic E-state index is 12.9. The van der Waals surface area contributed by atoms with Crippen molar-refractivity contribution in [3.63, 3.8) is 0 Å². The molecule has 0 aliphatic heterocycles.